The SMILES string of the molecule is O=C(C1CCN(c2ncccn2)CC1)N1C[C@H]2C[C@H](C1)c1cccc(=O)n1C2. The van der Waals surface area contributed by atoms with E-state index >= 15 is 0 Å². The quantitative estimate of drug-likeness (QED) is 0.791. The van der Waals surface area contributed by atoms with Gasteiger partial charge in [0.2, 0.25) is 11.9 Å². The van der Waals surface area contributed by atoms with Gasteiger partial charge in [-0.1, -0.05) is 6.07 Å². The normalized spacial score (nSPS) is 24.7. The third kappa shape index (κ3) is 3.08. The van der Waals surface area contributed by atoms with Crippen molar-refractivity contribution < 1.29 is 4.79 Å². The van der Waals surface area contributed by atoms with Gasteiger partial charge in [0.05, 0.1) is 0 Å². The minimum absolute atomic E-state index is 0.0803. The number of carbonyl (C=O) groups excluding carboxylic acids is 1. The molecule has 3 aliphatic heterocycles. The first-order valence-electron chi connectivity index (χ1n) is 10.2. The molecule has 2 saturated heterocycles. The van der Waals surface area contributed by atoms with Gasteiger partial charge in [0.15, 0.2) is 0 Å². The lowest BCUT2D eigenvalue weighted by Gasteiger charge is -2.44. The van der Waals surface area contributed by atoms with Crippen molar-refractivity contribution >= 4 is 11.9 Å². The molecule has 7 nitrogen and oxygen atoms in total. The van der Waals surface area contributed by atoms with E-state index in [1.54, 1.807) is 18.5 Å². The van der Waals surface area contributed by atoms with E-state index in [1.807, 2.05) is 16.7 Å². The molecule has 2 bridgehead atoms. The Hall–Kier alpha value is -2.70. The number of piperidine rings is 2. The van der Waals surface area contributed by atoms with Crippen LogP contribution in [-0.4, -0.2) is 51.5 Å². The number of fused-ring (bicyclic) bond motifs is 4. The summed E-state index contributed by atoms with van der Waals surface area (Å²) in [6, 6.07) is 7.35. The van der Waals surface area contributed by atoms with Crippen LogP contribution in [0.25, 0.3) is 0 Å². The maximum atomic E-state index is 13.2. The summed E-state index contributed by atoms with van der Waals surface area (Å²) in [4.78, 5) is 38.3. The van der Waals surface area contributed by atoms with Crippen LogP contribution in [0.3, 0.4) is 0 Å². The standard InChI is InChI=1S/C21H25N5O2/c27-19-4-1-3-18-17-11-15(13-26(18)19)12-25(14-17)20(28)16-5-9-24(10-6-16)21-22-7-2-8-23-21/h1-4,7-8,15-17H,5-6,9-14H2/t15-,17-/m1/s1. The fourth-order valence-corrected chi connectivity index (χ4v) is 5.12. The van der Waals surface area contributed by atoms with Crippen molar-refractivity contribution in [3.8, 4) is 0 Å². The number of hydrogen-bond donors (Lipinski definition) is 0. The van der Waals surface area contributed by atoms with Gasteiger partial charge in [0.25, 0.3) is 5.56 Å². The number of amides is 1. The Morgan fingerprint density at radius 1 is 1.00 bits per heavy atom. The predicted octanol–water partition coefficient (Wildman–Crippen LogP) is 1.50. The molecule has 3 aliphatic rings. The Kier molecular flexibility index (Phi) is 4.37. The molecule has 2 atom stereocenters. The first kappa shape index (κ1) is 17.4. The average molecular weight is 379 g/mol. The molecule has 1 amide bonds. The van der Waals surface area contributed by atoms with E-state index in [9.17, 15) is 9.59 Å². The van der Waals surface area contributed by atoms with E-state index in [1.165, 1.54) is 0 Å². The largest absolute Gasteiger partial charge is 0.341 e. The van der Waals surface area contributed by atoms with Crippen LogP contribution in [0.2, 0.25) is 0 Å². The molecule has 0 aliphatic carbocycles. The van der Waals surface area contributed by atoms with Gasteiger partial charge in [-0.3, -0.25) is 9.59 Å². The Labute approximate surface area is 164 Å². The van der Waals surface area contributed by atoms with Crippen LogP contribution in [-0.2, 0) is 11.3 Å². The first-order chi connectivity index (χ1) is 13.7. The highest BCUT2D eigenvalue weighted by atomic mass is 16.2. The van der Waals surface area contributed by atoms with Crippen molar-refractivity contribution in [3.63, 3.8) is 0 Å². The summed E-state index contributed by atoms with van der Waals surface area (Å²) in [5.74, 6) is 1.78. The Balaban J connectivity index is 1.26. The lowest BCUT2D eigenvalue weighted by atomic mass is 9.82. The summed E-state index contributed by atoms with van der Waals surface area (Å²) in [5.41, 5.74) is 1.18. The van der Waals surface area contributed by atoms with Crippen LogP contribution in [0.1, 0.15) is 30.9 Å². The van der Waals surface area contributed by atoms with Gasteiger partial charge in [-0.05, 0) is 37.3 Å². The second kappa shape index (κ2) is 7.04. The second-order valence-electron chi connectivity index (χ2n) is 8.25. The van der Waals surface area contributed by atoms with Crippen LogP contribution in [0.15, 0.2) is 41.5 Å². The van der Waals surface area contributed by atoms with Gasteiger partial charge >= 0.3 is 0 Å². The summed E-state index contributed by atoms with van der Waals surface area (Å²) in [6.07, 6.45) is 6.29. The Morgan fingerprint density at radius 2 is 1.79 bits per heavy atom. The van der Waals surface area contributed by atoms with E-state index in [0.29, 0.717) is 5.92 Å². The number of rotatable bonds is 2. The molecule has 146 valence electrons. The summed E-state index contributed by atoms with van der Waals surface area (Å²) in [7, 11) is 0. The maximum Gasteiger partial charge on any atom is 0.250 e. The zero-order chi connectivity index (χ0) is 19.1. The molecule has 7 heteroatoms. The van der Waals surface area contributed by atoms with Gasteiger partial charge in [0, 0.05) is 68.7 Å². The topological polar surface area (TPSA) is 71.3 Å². The Morgan fingerprint density at radius 3 is 2.57 bits per heavy atom. The highest BCUT2D eigenvalue weighted by Gasteiger charge is 2.38. The predicted molar refractivity (Wildman–Crippen MR) is 105 cm³/mol. The van der Waals surface area contributed by atoms with Crippen molar-refractivity contribution in [2.24, 2.45) is 11.8 Å². The minimum atomic E-state index is 0.0803. The van der Waals surface area contributed by atoms with Gasteiger partial charge in [0.1, 0.15) is 0 Å². The van der Waals surface area contributed by atoms with Gasteiger partial charge in [-0.15, -0.1) is 0 Å². The number of anilines is 1. The summed E-state index contributed by atoms with van der Waals surface area (Å²) >= 11 is 0. The fraction of sp³-hybridized carbons (Fsp3) is 0.524. The third-order valence-corrected chi connectivity index (χ3v) is 6.47. The molecule has 0 saturated carbocycles. The molecule has 0 N–H and O–H groups in total. The molecule has 0 unspecified atom stereocenters. The minimum Gasteiger partial charge on any atom is -0.341 e. The number of carbonyl (C=O) groups is 1. The summed E-state index contributed by atoms with van der Waals surface area (Å²) in [5, 5.41) is 0. The lowest BCUT2D eigenvalue weighted by molar-refractivity contribution is -0.139. The monoisotopic (exact) mass is 379 g/mol. The molecular weight excluding hydrogens is 354 g/mol. The average Bonchev–Trinajstić information content (AvgIpc) is 2.75. The van der Waals surface area contributed by atoms with Crippen molar-refractivity contribution in [1.29, 1.82) is 0 Å². The molecule has 2 fully saturated rings. The van der Waals surface area contributed by atoms with Gasteiger partial charge < -0.3 is 14.4 Å². The number of likely N-dealkylation sites (tertiary alicyclic amines) is 1. The van der Waals surface area contributed by atoms with Crippen molar-refractivity contribution in [1.82, 2.24) is 19.4 Å². The third-order valence-electron chi connectivity index (χ3n) is 6.47. The smallest absolute Gasteiger partial charge is 0.250 e. The highest BCUT2D eigenvalue weighted by molar-refractivity contribution is 5.79. The summed E-state index contributed by atoms with van der Waals surface area (Å²) < 4.78 is 1.92. The lowest BCUT2D eigenvalue weighted by Crippen LogP contribution is -2.51. The van der Waals surface area contributed by atoms with Crippen LogP contribution in [0, 0.1) is 11.8 Å². The molecule has 2 aromatic heterocycles. The van der Waals surface area contributed by atoms with Gasteiger partial charge in [-0.2, -0.15) is 0 Å². The van der Waals surface area contributed by atoms with Gasteiger partial charge in [-0.25, -0.2) is 9.97 Å². The van der Waals surface area contributed by atoms with Crippen molar-refractivity contribution in [2.45, 2.75) is 31.7 Å². The maximum absolute atomic E-state index is 13.2. The van der Waals surface area contributed by atoms with E-state index in [0.717, 1.165) is 63.6 Å². The van der Waals surface area contributed by atoms with E-state index in [2.05, 4.69) is 25.8 Å². The number of nitrogens with zero attached hydrogens (tertiary/aromatic N) is 5. The van der Waals surface area contributed by atoms with E-state index in [-0.39, 0.29) is 23.3 Å². The first-order valence-corrected chi connectivity index (χ1v) is 10.2. The van der Waals surface area contributed by atoms with Crippen LogP contribution >= 0.6 is 0 Å². The molecule has 5 heterocycles. The van der Waals surface area contributed by atoms with E-state index < -0.39 is 0 Å². The van der Waals surface area contributed by atoms with Crippen molar-refractivity contribution in [2.75, 3.05) is 31.1 Å². The van der Waals surface area contributed by atoms with Crippen LogP contribution < -0.4 is 10.5 Å². The van der Waals surface area contributed by atoms with Crippen LogP contribution in [0.4, 0.5) is 5.95 Å². The molecular formula is C21H25N5O2. The molecule has 0 radical (unpaired) electrons. The number of pyridine rings is 1. The highest BCUT2D eigenvalue weighted by Crippen LogP contribution is 2.36. The number of hydrogen-bond acceptors (Lipinski definition) is 5. The second-order valence-corrected chi connectivity index (χ2v) is 8.25. The van der Waals surface area contributed by atoms with Crippen LogP contribution in [0.5, 0.6) is 0 Å². The molecule has 5 rings (SSSR count). The molecule has 0 spiro atoms. The summed E-state index contributed by atoms with van der Waals surface area (Å²) in [6.45, 7) is 3.89. The molecule has 28 heavy (non-hydrogen) atoms. The molecule has 2 aromatic rings. The fourth-order valence-electron chi connectivity index (χ4n) is 5.12. The number of aromatic nitrogens is 3. The molecule has 0 aromatic carbocycles. The Bertz CT molecular complexity index is 920. The van der Waals surface area contributed by atoms with Crippen molar-refractivity contribution in [3.05, 3.63) is 52.7 Å². The zero-order valence-corrected chi connectivity index (χ0v) is 15.9. The van der Waals surface area contributed by atoms with E-state index in [4.69, 9.17) is 0 Å². The zero-order valence-electron chi connectivity index (χ0n) is 15.9.